The Morgan fingerprint density at radius 1 is 0.938 bits per heavy atom. The number of hydrogen-bond acceptors (Lipinski definition) is 5. The van der Waals surface area contributed by atoms with Gasteiger partial charge in [0, 0.05) is 17.8 Å². The molecule has 9 heteroatoms. The summed E-state index contributed by atoms with van der Waals surface area (Å²) in [5.41, 5.74) is 1.44. The fourth-order valence-electron chi connectivity index (χ4n) is 3.03. The summed E-state index contributed by atoms with van der Waals surface area (Å²) in [7, 11) is -0.873. The molecule has 3 aromatic carbocycles. The van der Waals surface area contributed by atoms with Crippen LogP contribution in [0.25, 0.3) is 0 Å². The van der Waals surface area contributed by atoms with Gasteiger partial charge in [0.05, 0.1) is 19.1 Å². The molecule has 0 saturated heterocycles. The van der Waals surface area contributed by atoms with Crippen molar-refractivity contribution in [3.63, 3.8) is 0 Å². The van der Waals surface area contributed by atoms with Crippen molar-refractivity contribution in [3.8, 4) is 11.5 Å². The molecule has 0 aliphatic rings. The maximum atomic E-state index is 13.4. The van der Waals surface area contributed by atoms with Gasteiger partial charge < -0.3 is 14.8 Å². The average molecular weight is 459 g/mol. The molecule has 0 heterocycles. The lowest BCUT2D eigenvalue weighted by Crippen LogP contribution is -2.25. The van der Waals surface area contributed by atoms with E-state index in [1.807, 2.05) is 12.1 Å². The Morgan fingerprint density at radius 3 is 2.41 bits per heavy atom. The number of ether oxygens (including phenoxy) is 2. The number of sulfonamides is 1. The number of nitrogens with one attached hydrogen (secondary N) is 2. The molecule has 0 aliphatic heterocycles. The summed E-state index contributed by atoms with van der Waals surface area (Å²) < 4.78 is 51.1. The molecule has 168 valence electrons. The molecule has 1 amide bonds. The summed E-state index contributed by atoms with van der Waals surface area (Å²) in [6.45, 7) is 0.369. The van der Waals surface area contributed by atoms with Crippen LogP contribution in [0.2, 0.25) is 0 Å². The molecular weight excluding hydrogens is 435 g/mol. The topological polar surface area (TPSA) is 93.7 Å². The van der Waals surface area contributed by atoms with E-state index in [1.165, 1.54) is 24.3 Å². The first-order valence-corrected chi connectivity index (χ1v) is 11.2. The number of amides is 1. The molecule has 0 bridgehead atoms. The van der Waals surface area contributed by atoms with Crippen LogP contribution in [0, 0.1) is 5.82 Å². The normalized spacial score (nSPS) is 11.0. The molecular formula is C23H23FN2O5S. The highest BCUT2D eigenvalue weighted by Crippen LogP contribution is 2.27. The van der Waals surface area contributed by atoms with Gasteiger partial charge in [0.15, 0.2) is 11.5 Å². The maximum absolute atomic E-state index is 13.4. The lowest BCUT2D eigenvalue weighted by molar-refractivity contribution is 0.0954. The second-order valence-corrected chi connectivity index (χ2v) is 8.52. The predicted octanol–water partition coefficient (Wildman–Crippen LogP) is 3.62. The number of hydrogen-bond donors (Lipinski definition) is 2. The second-order valence-electron chi connectivity index (χ2n) is 6.84. The standard InChI is InChI=1S/C23H23FN2O5S/c1-30-21-10-9-16(13-22(21)31-2)11-12-25-23(27)17-5-3-7-19(14-17)26-32(28,29)20-8-4-6-18(24)15-20/h3-10,13-15,26H,11-12H2,1-2H3,(H,25,27). The Kier molecular flexibility index (Phi) is 7.32. The van der Waals surface area contributed by atoms with Crippen molar-refractivity contribution >= 4 is 21.6 Å². The smallest absolute Gasteiger partial charge is 0.261 e. The van der Waals surface area contributed by atoms with Crippen molar-refractivity contribution in [2.24, 2.45) is 0 Å². The number of rotatable bonds is 9. The van der Waals surface area contributed by atoms with E-state index < -0.39 is 15.8 Å². The van der Waals surface area contributed by atoms with Crippen LogP contribution in [0.1, 0.15) is 15.9 Å². The number of benzene rings is 3. The number of carbonyl (C=O) groups is 1. The van der Waals surface area contributed by atoms with E-state index in [4.69, 9.17) is 9.47 Å². The average Bonchev–Trinajstić information content (AvgIpc) is 2.78. The first kappa shape index (κ1) is 23.1. The van der Waals surface area contributed by atoms with E-state index >= 15 is 0 Å². The first-order chi connectivity index (χ1) is 15.3. The van der Waals surface area contributed by atoms with Crippen molar-refractivity contribution in [3.05, 3.63) is 83.7 Å². The summed E-state index contributed by atoms with van der Waals surface area (Å²) in [5, 5.41) is 2.80. The molecule has 7 nitrogen and oxygen atoms in total. The Balaban J connectivity index is 1.63. The first-order valence-electron chi connectivity index (χ1n) is 9.70. The fraction of sp³-hybridized carbons (Fsp3) is 0.174. The van der Waals surface area contributed by atoms with Gasteiger partial charge in [-0.1, -0.05) is 18.2 Å². The molecule has 0 radical (unpaired) electrons. The highest BCUT2D eigenvalue weighted by Gasteiger charge is 2.16. The van der Waals surface area contributed by atoms with Gasteiger partial charge in [0.25, 0.3) is 15.9 Å². The minimum atomic E-state index is -3.99. The van der Waals surface area contributed by atoms with E-state index in [0.29, 0.717) is 24.5 Å². The summed E-state index contributed by atoms with van der Waals surface area (Å²) in [6, 6.07) is 16.3. The van der Waals surface area contributed by atoms with Crippen molar-refractivity contribution < 1.29 is 27.1 Å². The Bertz CT molecular complexity index is 1210. The van der Waals surface area contributed by atoms with Crippen LogP contribution < -0.4 is 19.5 Å². The molecule has 0 fully saturated rings. The quantitative estimate of drug-likeness (QED) is 0.511. The fourth-order valence-corrected chi connectivity index (χ4v) is 4.11. The van der Waals surface area contributed by atoms with Gasteiger partial charge in [-0.15, -0.1) is 0 Å². The number of anilines is 1. The molecule has 0 atom stereocenters. The summed E-state index contributed by atoms with van der Waals surface area (Å²) in [4.78, 5) is 12.3. The second kappa shape index (κ2) is 10.1. The van der Waals surface area contributed by atoms with Crippen LogP contribution in [0.4, 0.5) is 10.1 Å². The van der Waals surface area contributed by atoms with Gasteiger partial charge in [-0.2, -0.15) is 0 Å². The highest BCUT2D eigenvalue weighted by molar-refractivity contribution is 7.92. The molecule has 0 saturated carbocycles. The van der Waals surface area contributed by atoms with Crippen molar-refractivity contribution in [1.29, 1.82) is 0 Å². The van der Waals surface area contributed by atoms with Gasteiger partial charge >= 0.3 is 0 Å². The predicted molar refractivity (Wildman–Crippen MR) is 119 cm³/mol. The molecule has 3 rings (SSSR count). The van der Waals surface area contributed by atoms with Gasteiger partial charge in [0.2, 0.25) is 0 Å². The third-order valence-corrected chi connectivity index (χ3v) is 6.01. The molecule has 3 aromatic rings. The molecule has 2 N–H and O–H groups in total. The van der Waals surface area contributed by atoms with E-state index in [1.54, 1.807) is 32.4 Å². The summed E-state index contributed by atoms with van der Waals surface area (Å²) in [6.07, 6.45) is 0.567. The third-order valence-electron chi connectivity index (χ3n) is 4.63. The van der Waals surface area contributed by atoms with Crippen LogP contribution in [-0.4, -0.2) is 35.1 Å². The van der Waals surface area contributed by atoms with Gasteiger partial charge in [0.1, 0.15) is 5.82 Å². The largest absolute Gasteiger partial charge is 0.493 e. The Labute approximate surface area is 186 Å². The SMILES string of the molecule is COc1ccc(CCNC(=O)c2cccc(NS(=O)(=O)c3cccc(F)c3)c2)cc1OC. The van der Waals surface area contributed by atoms with E-state index in [2.05, 4.69) is 10.0 Å². The van der Waals surface area contributed by atoms with Crippen molar-refractivity contribution in [1.82, 2.24) is 5.32 Å². The van der Waals surface area contributed by atoms with Crippen LogP contribution in [0.3, 0.4) is 0 Å². The van der Waals surface area contributed by atoms with E-state index in [9.17, 15) is 17.6 Å². The minimum Gasteiger partial charge on any atom is -0.493 e. The lowest BCUT2D eigenvalue weighted by Gasteiger charge is -2.11. The van der Waals surface area contributed by atoms with Crippen LogP contribution in [0.5, 0.6) is 11.5 Å². The zero-order chi connectivity index (χ0) is 23.1. The minimum absolute atomic E-state index is 0.196. The third kappa shape index (κ3) is 5.76. The number of methoxy groups -OCH3 is 2. The summed E-state index contributed by atoms with van der Waals surface area (Å²) >= 11 is 0. The van der Waals surface area contributed by atoms with Crippen molar-refractivity contribution in [2.75, 3.05) is 25.5 Å². The molecule has 0 unspecified atom stereocenters. The zero-order valence-electron chi connectivity index (χ0n) is 17.6. The molecule has 0 aromatic heterocycles. The Morgan fingerprint density at radius 2 is 1.69 bits per heavy atom. The van der Waals surface area contributed by atoms with Crippen LogP contribution in [0.15, 0.2) is 71.6 Å². The molecule has 32 heavy (non-hydrogen) atoms. The van der Waals surface area contributed by atoms with Gasteiger partial charge in [-0.25, -0.2) is 12.8 Å². The number of carbonyl (C=O) groups excluding carboxylic acids is 1. The van der Waals surface area contributed by atoms with Crippen LogP contribution >= 0.6 is 0 Å². The highest BCUT2D eigenvalue weighted by atomic mass is 32.2. The van der Waals surface area contributed by atoms with Gasteiger partial charge in [-0.3, -0.25) is 9.52 Å². The van der Waals surface area contributed by atoms with Crippen molar-refractivity contribution in [2.45, 2.75) is 11.3 Å². The van der Waals surface area contributed by atoms with Gasteiger partial charge in [-0.05, 0) is 60.5 Å². The maximum Gasteiger partial charge on any atom is 0.261 e. The van der Waals surface area contributed by atoms with E-state index in [0.717, 1.165) is 17.7 Å². The van der Waals surface area contributed by atoms with Crippen LogP contribution in [-0.2, 0) is 16.4 Å². The summed E-state index contributed by atoms with van der Waals surface area (Å²) in [5.74, 6) is 0.222. The molecule has 0 aliphatic carbocycles. The number of halogens is 1. The Hall–Kier alpha value is -3.59. The van der Waals surface area contributed by atoms with E-state index in [-0.39, 0.29) is 22.1 Å². The molecule has 0 spiro atoms. The lowest BCUT2D eigenvalue weighted by atomic mass is 10.1. The zero-order valence-corrected chi connectivity index (χ0v) is 18.4. The monoisotopic (exact) mass is 458 g/mol.